The Balaban J connectivity index is 0.00000139. The number of nitrogen functional groups attached to an aromatic ring is 1. The number of ether oxygens (including phenoxy) is 2. The Morgan fingerprint density at radius 1 is 1.24 bits per heavy atom. The maximum absolute atomic E-state index is 14.5. The van der Waals surface area contributed by atoms with Gasteiger partial charge in [-0.25, -0.2) is 13.8 Å². The van der Waals surface area contributed by atoms with Crippen molar-refractivity contribution < 1.29 is 23.0 Å². The SMILES string of the molecule is C=O.CCOc1c(C)cc(C(CNC(=C2CC2)c2cc(/C=N/C(C)F)c(N)c(OC)c2)C2CC2)nc1-c1cccc(F)c1Cl.CN. The minimum Gasteiger partial charge on any atom is -0.495 e. The molecule has 0 bridgehead atoms. The molecule has 2 aliphatic carbocycles. The molecule has 46 heavy (non-hydrogen) atoms. The molecule has 0 amide bonds. The predicted octanol–water partition coefficient (Wildman–Crippen LogP) is 7.25. The van der Waals surface area contributed by atoms with Crippen LogP contribution < -0.4 is 26.3 Å². The normalized spacial score (nSPS) is 14.8. The highest BCUT2D eigenvalue weighted by Crippen LogP contribution is 2.45. The van der Waals surface area contributed by atoms with Crippen LogP contribution in [0.25, 0.3) is 17.0 Å². The second kappa shape index (κ2) is 17.1. The topological polar surface area (TPSA) is 125 Å². The van der Waals surface area contributed by atoms with E-state index in [1.165, 1.54) is 31.8 Å². The van der Waals surface area contributed by atoms with Crippen LogP contribution >= 0.6 is 11.6 Å². The van der Waals surface area contributed by atoms with Crippen LogP contribution in [0.5, 0.6) is 11.5 Å². The summed E-state index contributed by atoms with van der Waals surface area (Å²) in [7, 11) is 3.07. The quantitative estimate of drug-likeness (QED) is 0.107. The van der Waals surface area contributed by atoms with Gasteiger partial charge in [-0.1, -0.05) is 23.7 Å². The molecule has 2 unspecified atom stereocenters. The van der Waals surface area contributed by atoms with Crippen LogP contribution in [0, 0.1) is 18.7 Å². The van der Waals surface area contributed by atoms with Crippen LogP contribution in [-0.2, 0) is 4.79 Å². The zero-order valence-corrected chi connectivity index (χ0v) is 27.9. The predicted molar refractivity (Wildman–Crippen MR) is 183 cm³/mol. The molecular formula is C35H44ClF2N5O3. The lowest BCUT2D eigenvalue weighted by molar-refractivity contribution is -0.0980. The van der Waals surface area contributed by atoms with Gasteiger partial charge >= 0.3 is 0 Å². The summed E-state index contributed by atoms with van der Waals surface area (Å²) in [5.41, 5.74) is 18.0. The molecule has 0 saturated heterocycles. The first-order chi connectivity index (χ1) is 22.2. The van der Waals surface area contributed by atoms with Gasteiger partial charge in [-0.15, -0.1) is 0 Å². The number of aliphatic imine (C=N–C) groups is 1. The maximum Gasteiger partial charge on any atom is 0.187 e. The maximum atomic E-state index is 14.5. The number of carbonyl (C=O) groups is 1. The first kappa shape index (κ1) is 36.4. The summed E-state index contributed by atoms with van der Waals surface area (Å²) >= 11 is 6.42. The van der Waals surface area contributed by atoms with E-state index in [0.717, 1.165) is 48.2 Å². The summed E-state index contributed by atoms with van der Waals surface area (Å²) in [6, 6.07) is 10.7. The molecule has 5 N–H and O–H groups in total. The molecule has 1 aromatic heterocycles. The Kier molecular flexibility index (Phi) is 13.5. The fourth-order valence-electron chi connectivity index (χ4n) is 5.29. The number of nitrogens with zero attached hydrogens (tertiary/aromatic N) is 2. The highest BCUT2D eigenvalue weighted by Gasteiger charge is 2.35. The number of halogens is 3. The Bertz CT molecular complexity index is 1550. The number of carbonyl (C=O) groups excluding carboxylic acids is 1. The van der Waals surface area contributed by atoms with E-state index < -0.39 is 12.1 Å². The van der Waals surface area contributed by atoms with Gasteiger partial charge < -0.3 is 31.1 Å². The largest absolute Gasteiger partial charge is 0.495 e. The monoisotopic (exact) mass is 655 g/mol. The first-order valence-electron chi connectivity index (χ1n) is 15.3. The summed E-state index contributed by atoms with van der Waals surface area (Å²) in [5.74, 6) is 1.22. The van der Waals surface area contributed by atoms with Gasteiger partial charge in [0.25, 0.3) is 0 Å². The van der Waals surface area contributed by atoms with Gasteiger partial charge in [-0.2, -0.15) is 0 Å². The Labute approximate surface area is 275 Å². The number of methoxy groups -OCH3 is 1. The van der Waals surface area contributed by atoms with Crippen molar-refractivity contribution in [2.24, 2.45) is 16.6 Å². The van der Waals surface area contributed by atoms with Crippen molar-refractivity contribution in [3.63, 3.8) is 0 Å². The van der Waals surface area contributed by atoms with Crippen LogP contribution in [0.3, 0.4) is 0 Å². The number of rotatable bonds is 12. The number of allylic oxidation sites excluding steroid dienone is 1. The van der Waals surface area contributed by atoms with Crippen LogP contribution in [0.15, 0.2) is 47.0 Å². The standard InChI is InChI=1S/C33H37ClF2N4O2.CH5N.CH2O/c1-5-42-33-18(2)13-27(40-32(33)24-7-6-8-26(36)29(24)34)25(20-9-10-20)17-39-31(21-11-12-21)22-14-23(16-38-19(3)35)30(37)28(15-22)41-4;2*1-2/h6-8,13-16,19-20,25,39H,5,9-12,17,37H2,1-4H3;2H2,1H3;1H2/b38-16+;;. The molecule has 0 radical (unpaired) electrons. The molecule has 1 heterocycles. The van der Waals surface area contributed by atoms with Gasteiger partial charge in [0.2, 0.25) is 0 Å². The van der Waals surface area contributed by atoms with Crippen molar-refractivity contribution in [1.82, 2.24) is 10.3 Å². The molecule has 5 rings (SSSR count). The van der Waals surface area contributed by atoms with Gasteiger partial charge in [0.1, 0.15) is 29.8 Å². The molecule has 248 valence electrons. The first-order valence-corrected chi connectivity index (χ1v) is 15.7. The van der Waals surface area contributed by atoms with E-state index in [1.807, 2.05) is 32.8 Å². The van der Waals surface area contributed by atoms with Crippen LogP contribution in [-0.4, -0.2) is 51.6 Å². The molecule has 2 saturated carbocycles. The third-order valence-corrected chi connectivity index (χ3v) is 8.08. The number of hydrogen-bond donors (Lipinski definition) is 3. The lowest BCUT2D eigenvalue weighted by Gasteiger charge is -2.23. The molecule has 2 aromatic carbocycles. The highest BCUT2D eigenvalue weighted by molar-refractivity contribution is 6.33. The summed E-state index contributed by atoms with van der Waals surface area (Å²) < 4.78 is 39.5. The lowest BCUT2D eigenvalue weighted by Crippen LogP contribution is -2.23. The number of nitrogens with one attached hydrogen (secondary N) is 1. The third kappa shape index (κ3) is 8.82. The van der Waals surface area contributed by atoms with Crippen LogP contribution in [0.4, 0.5) is 14.5 Å². The van der Waals surface area contributed by atoms with Crippen molar-refractivity contribution >= 4 is 36.0 Å². The molecule has 2 aliphatic rings. The van der Waals surface area contributed by atoms with E-state index in [9.17, 15) is 8.78 Å². The van der Waals surface area contributed by atoms with Crippen molar-refractivity contribution in [2.75, 3.05) is 33.0 Å². The van der Waals surface area contributed by atoms with Gasteiger partial charge in [0, 0.05) is 46.8 Å². The molecule has 2 atom stereocenters. The number of aryl methyl sites for hydroxylation is 1. The van der Waals surface area contributed by atoms with Crippen LogP contribution in [0.2, 0.25) is 5.02 Å². The van der Waals surface area contributed by atoms with Crippen LogP contribution in [0.1, 0.15) is 67.8 Å². The van der Waals surface area contributed by atoms with Gasteiger partial charge in [-0.3, -0.25) is 4.99 Å². The molecule has 8 nitrogen and oxygen atoms in total. The minimum atomic E-state index is -1.34. The second-order valence-electron chi connectivity index (χ2n) is 10.9. The van der Waals surface area contributed by atoms with Crippen molar-refractivity contribution in [2.45, 2.75) is 58.7 Å². The molecule has 11 heteroatoms. The number of alkyl halides is 1. The van der Waals surface area contributed by atoms with E-state index >= 15 is 0 Å². The van der Waals surface area contributed by atoms with E-state index in [4.69, 9.17) is 36.6 Å². The zero-order valence-electron chi connectivity index (χ0n) is 27.1. The number of hydrogen-bond acceptors (Lipinski definition) is 8. The van der Waals surface area contributed by atoms with E-state index in [2.05, 4.69) is 22.1 Å². The van der Waals surface area contributed by atoms with E-state index in [1.54, 1.807) is 19.2 Å². The van der Waals surface area contributed by atoms with Crippen molar-refractivity contribution in [3.05, 3.63) is 75.2 Å². The summed E-state index contributed by atoms with van der Waals surface area (Å²) in [4.78, 5) is 17.0. The smallest absolute Gasteiger partial charge is 0.187 e. The Morgan fingerprint density at radius 2 is 1.93 bits per heavy atom. The molecule has 0 spiro atoms. The number of benzene rings is 2. The van der Waals surface area contributed by atoms with Gasteiger partial charge in [-0.05, 0) is 94.8 Å². The fourth-order valence-corrected chi connectivity index (χ4v) is 5.51. The van der Waals surface area contributed by atoms with Gasteiger partial charge in [0.05, 0.1) is 24.4 Å². The van der Waals surface area contributed by atoms with Crippen molar-refractivity contribution in [1.29, 1.82) is 0 Å². The number of anilines is 1. The van der Waals surface area contributed by atoms with Gasteiger partial charge in [0.15, 0.2) is 6.30 Å². The average Bonchev–Trinajstić information content (AvgIpc) is 3.99. The Hall–Kier alpha value is -4.02. The molecule has 0 aliphatic heterocycles. The Morgan fingerprint density at radius 3 is 2.52 bits per heavy atom. The fraction of sp³-hybridized carbons (Fsp3) is 0.400. The van der Waals surface area contributed by atoms with E-state index in [0.29, 0.717) is 53.1 Å². The highest BCUT2D eigenvalue weighted by atomic mass is 35.5. The average molecular weight is 656 g/mol. The number of aromatic nitrogens is 1. The molecule has 2 fully saturated rings. The number of nitrogens with two attached hydrogens (primary N) is 2. The summed E-state index contributed by atoms with van der Waals surface area (Å²) in [6.45, 7) is 8.38. The molecular weight excluding hydrogens is 612 g/mol. The second-order valence-corrected chi connectivity index (χ2v) is 11.3. The zero-order chi connectivity index (χ0) is 34.0. The lowest BCUT2D eigenvalue weighted by atomic mass is 9.95. The third-order valence-electron chi connectivity index (χ3n) is 7.70. The van der Waals surface area contributed by atoms with E-state index in [-0.39, 0.29) is 10.9 Å². The summed E-state index contributed by atoms with van der Waals surface area (Å²) in [5, 5.41) is 3.76. The molecule has 3 aromatic rings. The van der Waals surface area contributed by atoms with Crippen molar-refractivity contribution in [3.8, 4) is 22.8 Å². The minimum absolute atomic E-state index is 0.0307. The summed E-state index contributed by atoms with van der Waals surface area (Å²) in [6.07, 6.45) is 4.34. The number of pyridine rings is 1.